The largest absolute Gasteiger partial charge is 0.311 e. The van der Waals surface area contributed by atoms with Gasteiger partial charge in [-0.2, -0.15) is 4.39 Å². The molecule has 0 unspecified atom stereocenters. The van der Waals surface area contributed by atoms with Crippen LogP contribution >= 0.6 is 11.6 Å². The van der Waals surface area contributed by atoms with E-state index in [1.165, 1.54) is 6.07 Å². The normalized spacial score (nSPS) is 10.8. The van der Waals surface area contributed by atoms with E-state index in [9.17, 15) is 9.18 Å². The van der Waals surface area contributed by atoms with Gasteiger partial charge in [-0.15, -0.1) is 5.10 Å². The Labute approximate surface area is 70.4 Å². The number of nitrogens with one attached hydrogen (secondary N) is 2. The van der Waals surface area contributed by atoms with Crippen LogP contribution in [-0.2, 0) is 0 Å². The summed E-state index contributed by atoms with van der Waals surface area (Å²) in [6.45, 7) is 0. The second kappa shape index (κ2) is 2.31. The first-order valence-electron chi connectivity index (χ1n) is 3.11. The van der Waals surface area contributed by atoms with Gasteiger partial charge in [-0.05, 0) is 6.07 Å². The summed E-state index contributed by atoms with van der Waals surface area (Å²) in [6, 6.07) is 1.30. The van der Waals surface area contributed by atoms with Crippen LogP contribution in [0.15, 0.2) is 10.9 Å². The first kappa shape index (κ1) is 7.30. The number of nitrogens with zero attached hydrogens (tertiary/aromatic N) is 1. The summed E-state index contributed by atoms with van der Waals surface area (Å²) < 4.78 is 12.8. The van der Waals surface area contributed by atoms with Gasteiger partial charge in [0.1, 0.15) is 10.7 Å². The highest BCUT2D eigenvalue weighted by molar-refractivity contribution is 6.30. The summed E-state index contributed by atoms with van der Waals surface area (Å²) in [5.41, 5.74) is -0.384. The zero-order valence-electron chi connectivity index (χ0n) is 5.69. The molecular formula is C6H3ClFN3O. The van der Waals surface area contributed by atoms with E-state index in [0.29, 0.717) is 0 Å². The third-order valence-corrected chi connectivity index (χ3v) is 1.69. The molecular weight excluding hydrogens is 185 g/mol. The molecule has 2 aromatic rings. The first-order valence-corrected chi connectivity index (χ1v) is 3.48. The van der Waals surface area contributed by atoms with Crippen molar-refractivity contribution in [3.05, 3.63) is 27.5 Å². The fourth-order valence-corrected chi connectivity index (χ4v) is 1.16. The summed E-state index contributed by atoms with van der Waals surface area (Å²) in [7, 11) is 0. The number of hydrogen-bond donors (Lipinski definition) is 2. The standard InChI is InChI=1S/C6H3ClFN3O/c7-3-1-2-4(6(12)9-3)10-11-5(2)8/h1H,(H,9,12)(H,10,11). The maximum Gasteiger partial charge on any atom is 0.275 e. The molecule has 2 heterocycles. The molecule has 2 rings (SSSR count). The van der Waals surface area contributed by atoms with Gasteiger partial charge in [-0.3, -0.25) is 9.89 Å². The van der Waals surface area contributed by atoms with Crippen LogP contribution < -0.4 is 5.56 Å². The number of fused-ring (bicyclic) bond motifs is 1. The predicted octanol–water partition coefficient (Wildman–Crippen LogP) is 1.04. The van der Waals surface area contributed by atoms with Crippen molar-refractivity contribution in [1.82, 2.24) is 15.2 Å². The molecule has 0 aliphatic carbocycles. The molecule has 62 valence electrons. The minimum atomic E-state index is -0.724. The molecule has 12 heavy (non-hydrogen) atoms. The van der Waals surface area contributed by atoms with Crippen molar-refractivity contribution < 1.29 is 4.39 Å². The number of H-pyrrole nitrogens is 2. The van der Waals surface area contributed by atoms with Crippen LogP contribution in [0.4, 0.5) is 4.39 Å². The molecule has 0 saturated carbocycles. The Morgan fingerprint density at radius 1 is 1.58 bits per heavy atom. The van der Waals surface area contributed by atoms with Gasteiger partial charge in [0.15, 0.2) is 0 Å². The lowest BCUT2D eigenvalue weighted by Crippen LogP contribution is -2.05. The highest BCUT2D eigenvalue weighted by Gasteiger charge is 2.08. The maximum absolute atomic E-state index is 12.8. The van der Waals surface area contributed by atoms with Crippen LogP contribution in [0.25, 0.3) is 10.9 Å². The van der Waals surface area contributed by atoms with E-state index in [1.54, 1.807) is 0 Å². The minimum Gasteiger partial charge on any atom is -0.311 e. The molecule has 6 heteroatoms. The van der Waals surface area contributed by atoms with Crippen LogP contribution in [0, 0.1) is 5.95 Å². The molecule has 0 spiro atoms. The molecule has 0 bridgehead atoms. The van der Waals surface area contributed by atoms with Gasteiger partial charge in [-0.1, -0.05) is 11.6 Å². The predicted molar refractivity (Wildman–Crippen MR) is 41.7 cm³/mol. The highest BCUT2D eigenvalue weighted by atomic mass is 35.5. The number of rotatable bonds is 0. The Kier molecular flexibility index (Phi) is 1.41. The average molecular weight is 188 g/mol. The molecule has 0 saturated heterocycles. The third-order valence-electron chi connectivity index (χ3n) is 1.49. The monoisotopic (exact) mass is 187 g/mol. The number of halogens is 2. The zero-order valence-corrected chi connectivity index (χ0v) is 6.44. The highest BCUT2D eigenvalue weighted by Crippen LogP contribution is 2.13. The van der Waals surface area contributed by atoms with E-state index in [1.807, 2.05) is 0 Å². The van der Waals surface area contributed by atoms with Crippen LogP contribution in [0.1, 0.15) is 0 Å². The summed E-state index contributed by atoms with van der Waals surface area (Å²) in [4.78, 5) is 13.3. The van der Waals surface area contributed by atoms with Crippen molar-refractivity contribution >= 4 is 22.5 Å². The fraction of sp³-hybridized carbons (Fsp3) is 0. The molecule has 2 N–H and O–H groups in total. The van der Waals surface area contributed by atoms with Crippen LogP contribution in [-0.4, -0.2) is 15.2 Å². The summed E-state index contributed by atoms with van der Waals surface area (Å²) in [5.74, 6) is -0.724. The third kappa shape index (κ3) is 0.902. The van der Waals surface area contributed by atoms with Gasteiger partial charge in [-0.25, -0.2) is 0 Å². The number of pyridine rings is 1. The van der Waals surface area contributed by atoms with Crippen molar-refractivity contribution in [2.24, 2.45) is 0 Å². The molecule has 2 aromatic heterocycles. The second-order valence-electron chi connectivity index (χ2n) is 2.25. The smallest absolute Gasteiger partial charge is 0.275 e. The first-order chi connectivity index (χ1) is 5.68. The van der Waals surface area contributed by atoms with Gasteiger partial charge >= 0.3 is 0 Å². The second-order valence-corrected chi connectivity index (χ2v) is 2.66. The number of aromatic nitrogens is 3. The van der Waals surface area contributed by atoms with E-state index < -0.39 is 11.5 Å². The zero-order chi connectivity index (χ0) is 8.72. The van der Waals surface area contributed by atoms with Gasteiger partial charge < -0.3 is 4.98 Å². The Morgan fingerprint density at radius 2 is 2.33 bits per heavy atom. The van der Waals surface area contributed by atoms with Crippen LogP contribution in [0.3, 0.4) is 0 Å². The van der Waals surface area contributed by atoms with Gasteiger partial charge in [0.05, 0.1) is 5.39 Å². The number of hydrogen-bond acceptors (Lipinski definition) is 2. The Morgan fingerprint density at radius 3 is 3.08 bits per heavy atom. The van der Waals surface area contributed by atoms with Gasteiger partial charge in [0.2, 0.25) is 5.95 Å². The maximum atomic E-state index is 12.8. The summed E-state index contributed by atoms with van der Waals surface area (Å²) in [6.07, 6.45) is 0. The van der Waals surface area contributed by atoms with Crippen molar-refractivity contribution in [1.29, 1.82) is 0 Å². The van der Waals surface area contributed by atoms with E-state index in [0.717, 1.165) is 0 Å². The fourth-order valence-electron chi connectivity index (χ4n) is 0.967. The van der Waals surface area contributed by atoms with E-state index in [4.69, 9.17) is 11.6 Å². The average Bonchev–Trinajstić information content (AvgIpc) is 2.33. The molecule has 0 amide bonds. The van der Waals surface area contributed by atoms with E-state index in [2.05, 4.69) is 15.2 Å². The van der Waals surface area contributed by atoms with E-state index >= 15 is 0 Å². The van der Waals surface area contributed by atoms with E-state index in [-0.39, 0.29) is 16.1 Å². The lowest BCUT2D eigenvalue weighted by Gasteiger charge is -1.88. The van der Waals surface area contributed by atoms with Crippen molar-refractivity contribution in [3.8, 4) is 0 Å². The SMILES string of the molecule is O=c1[nH]c(Cl)cc2c(F)n[nH]c12. The quantitative estimate of drug-likeness (QED) is 0.606. The van der Waals surface area contributed by atoms with Gasteiger partial charge in [0.25, 0.3) is 5.56 Å². The van der Waals surface area contributed by atoms with Crippen molar-refractivity contribution in [2.45, 2.75) is 0 Å². The molecule has 4 nitrogen and oxygen atoms in total. The molecule has 0 fully saturated rings. The molecule has 0 aromatic carbocycles. The molecule has 0 aliphatic heterocycles. The molecule has 0 radical (unpaired) electrons. The summed E-state index contributed by atoms with van der Waals surface area (Å²) in [5, 5.41) is 5.67. The minimum absolute atomic E-state index is 0.0906. The topological polar surface area (TPSA) is 61.5 Å². The Bertz CT molecular complexity index is 489. The van der Waals surface area contributed by atoms with Crippen LogP contribution in [0.5, 0.6) is 0 Å². The lowest BCUT2D eigenvalue weighted by molar-refractivity contribution is 0.588. The molecule has 0 aliphatic rings. The Hall–Kier alpha value is -1.36. The molecule has 0 atom stereocenters. The van der Waals surface area contributed by atoms with Crippen molar-refractivity contribution in [2.75, 3.05) is 0 Å². The van der Waals surface area contributed by atoms with Gasteiger partial charge in [0, 0.05) is 0 Å². The van der Waals surface area contributed by atoms with Crippen LogP contribution in [0.2, 0.25) is 5.15 Å². The lowest BCUT2D eigenvalue weighted by atomic mass is 10.3. The summed E-state index contributed by atoms with van der Waals surface area (Å²) >= 11 is 5.49. The van der Waals surface area contributed by atoms with Crippen molar-refractivity contribution in [3.63, 3.8) is 0 Å². The number of aromatic amines is 2. The Balaban J connectivity index is 3.03.